The van der Waals surface area contributed by atoms with Crippen LogP contribution in [0.25, 0.3) is 0 Å². The summed E-state index contributed by atoms with van der Waals surface area (Å²) in [6.45, 7) is 8.99. The first-order valence-electron chi connectivity index (χ1n) is 6.93. The van der Waals surface area contributed by atoms with Crippen molar-refractivity contribution in [3.8, 4) is 0 Å². The highest BCUT2D eigenvalue weighted by Gasteiger charge is 2.64. The molecular formula is C15H22BrNO3S. The number of sulfonamides is 1. The van der Waals surface area contributed by atoms with Crippen molar-refractivity contribution in [1.29, 1.82) is 0 Å². The van der Waals surface area contributed by atoms with Crippen LogP contribution in [-0.4, -0.2) is 20.1 Å². The van der Waals surface area contributed by atoms with Crippen molar-refractivity contribution in [2.45, 2.75) is 39.2 Å². The Bertz CT molecular complexity index is 639. The van der Waals surface area contributed by atoms with E-state index in [2.05, 4.69) is 48.3 Å². The number of nitrogens with one attached hydrogen (secondary N) is 1. The average molecular weight is 376 g/mol. The van der Waals surface area contributed by atoms with Gasteiger partial charge < -0.3 is 5.11 Å². The van der Waals surface area contributed by atoms with Gasteiger partial charge in [-0.3, -0.25) is 0 Å². The fourth-order valence-electron chi connectivity index (χ4n) is 2.97. The summed E-state index contributed by atoms with van der Waals surface area (Å²) in [5.41, 5.74) is 0.964. The number of aliphatic hydroxyl groups is 1. The van der Waals surface area contributed by atoms with E-state index in [0.717, 1.165) is 0 Å². The Hall–Kier alpha value is -0.430. The van der Waals surface area contributed by atoms with Gasteiger partial charge in [-0.1, -0.05) is 33.8 Å². The second-order valence-electron chi connectivity index (χ2n) is 6.77. The molecule has 1 aliphatic carbocycles. The lowest BCUT2D eigenvalue weighted by molar-refractivity contribution is 0.281. The molecule has 0 heterocycles. The lowest BCUT2D eigenvalue weighted by atomic mass is 10.0. The first-order chi connectivity index (χ1) is 9.54. The van der Waals surface area contributed by atoms with E-state index >= 15 is 0 Å². The Kier molecular flexibility index (Phi) is 4.30. The summed E-state index contributed by atoms with van der Waals surface area (Å²) in [6, 6.07) is 4.75. The molecule has 1 aliphatic rings. The van der Waals surface area contributed by atoms with E-state index in [1.165, 1.54) is 6.07 Å². The fourth-order valence-corrected chi connectivity index (χ4v) is 5.14. The minimum atomic E-state index is -3.55. The van der Waals surface area contributed by atoms with Gasteiger partial charge in [0.25, 0.3) is 0 Å². The number of halogens is 1. The Morgan fingerprint density at radius 1 is 1.24 bits per heavy atom. The van der Waals surface area contributed by atoms with Crippen LogP contribution >= 0.6 is 15.9 Å². The number of hydrogen-bond donors (Lipinski definition) is 2. The second kappa shape index (κ2) is 5.33. The Morgan fingerprint density at radius 2 is 1.81 bits per heavy atom. The first kappa shape index (κ1) is 16.9. The molecule has 0 atom stereocenters. The largest absolute Gasteiger partial charge is 0.392 e. The molecule has 0 bridgehead atoms. The maximum absolute atomic E-state index is 12.4. The molecule has 6 heteroatoms. The first-order valence-corrected chi connectivity index (χ1v) is 9.20. The van der Waals surface area contributed by atoms with Crippen LogP contribution in [0.4, 0.5) is 0 Å². The summed E-state index contributed by atoms with van der Waals surface area (Å²) in [5.74, 6) is 0.329. The zero-order chi connectivity index (χ0) is 16.1. The van der Waals surface area contributed by atoms with Crippen LogP contribution in [0.2, 0.25) is 0 Å². The van der Waals surface area contributed by atoms with Gasteiger partial charge in [-0.2, -0.15) is 0 Å². The predicted octanol–water partition coefficient (Wildman–Crippen LogP) is 2.90. The second-order valence-corrected chi connectivity index (χ2v) is 9.36. The molecule has 21 heavy (non-hydrogen) atoms. The third-order valence-electron chi connectivity index (χ3n) is 5.27. The van der Waals surface area contributed by atoms with Gasteiger partial charge in [-0.05, 0) is 50.4 Å². The summed E-state index contributed by atoms with van der Waals surface area (Å²) < 4.78 is 28.0. The molecule has 2 rings (SSSR count). The van der Waals surface area contributed by atoms with Crippen LogP contribution < -0.4 is 4.72 Å². The van der Waals surface area contributed by atoms with Gasteiger partial charge in [0.15, 0.2) is 0 Å². The molecule has 1 aromatic carbocycles. The average Bonchev–Trinajstić information content (AvgIpc) is 2.76. The van der Waals surface area contributed by atoms with Crippen LogP contribution in [0.1, 0.15) is 33.3 Å². The van der Waals surface area contributed by atoms with E-state index in [1.807, 2.05) is 0 Å². The quantitative estimate of drug-likeness (QED) is 0.831. The summed E-state index contributed by atoms with van der Waals surface area (Å²) in [5, 5.41) is 9.07. The molecule has 1 fully saturated rings. The van der Waals surface area contributed by atoms with Crippen molar-refractivity contribution < 1.29 is 13.5 Å². The van der Waals surface area contributed by atoms with E-state index in [1.54, 1.807) is 12.1 Å². The van der Waals surface area contributed by atoms with E-state index in [-0.39, 0.29) is 22.3 Å². The fraction of sp³-hybridized carbons (Fsp3) is 0.600. The minimum absolute atomic E-state index is 0.114. The number of benzene rings is 1. The van der Waals surface area contributed by atoms with Crippen LogP contribution in [-0.2, 0) is 16.6 Å². The maximum Gasteiger partial charge on any atom is 0.241 e. The topological polar surface area (TPSA) is 66.4 Å². The van der Waals surface area contributed by atoms with Gasteiger partial charge in [-0.25, -0.2) is 13.1 Å². The van der Waals surface area contributed by atoms with Gasteiger partial charge in [0.2, 0.25) is 10.0 Å². The highest BCUT2D eigenvalue weighted by Crippen LogP contribution is 2.67. The highest BCUT2D eigenvalue weighted by atomic mass is 79.9. The summed E-state index contributed by atoms with van der Waals surface area (Å²) >= 11 is 3.26. The van der Waals surface area contributed by atoms with Gasteiger partial charge in [0.1, 0.15) is 0 Å². The lowest BCUT2D eigenvalue weighted by Gasteiger charge is -2.10. The van der Waals surface area contributed by atoms with Crippen molar-refractivity contribution in [2.75, 3.05) is 6.54 Å². The molecule has 1 aromatic rings. The Labute approximate surface area is 135 Å². The summed E-state index contributed by atoms with van der Waals surface area (Å²) in [4.78, 5) is 0.205. The van der Waals surface area contributed by atoms with Gasteiger partial charge >= 0.3 is 0 Å². The normalized spacial score (nSPS) is 20.5. The molecule has 118 valence electrons. The molecule has 4 nitrogen and oxygen atoms in total. The highest BCUT2D eigenvalue weighted by molar-refractivity contribution is 9.10. The van der Waals surface area contributed by atoms with E-state index in [9.17, 15) is 8.42 Å². The number of hydrogen-bond acceptors (Lipinski definition) is 3. The standard InChI is InChI=1S/C15H22BrNO3S/c1-14(2)13(15(14,3)4)8-17-21(19,20)12-6-5-10(9-18)7-11(12)16/h5-7,13,17-18H,8-9H2,1-4H3. The molecule has 0 aromatic heterocycles. The lowest BCUT2D eigenvalue weighted by Crippen LogP contribution is -2.27. The summed E-state index contributed by atoms with van der Waals surface area (Å²) in [7, 11) is -3.55. The van der Waals surface area contributed by atoms with Gasteiger partial charge in [0.05, 0.1) is 11.5 Å². The molecule has 0 spiro atoms. The SMILES string of the molecule is CC1(C)C(CNS(=O)(=O)c2ccc(CO)cc2Br)C1(C)C. The third-order valence-corrected chi connectivity index (χ3v) is 7.67. The zero-order valence-corrected chi connectivity index (χ0v) is 15.2. The zero-order valence-electron chi connectivity index (χ0n) is 12.8. The molecule has 0 amide bonds. The van der Waals surface area contributed by atoms with E-state index in [0.29, 0.717) is 22.5 Å². The molecular weight excluding hydrogens is 354 g/mol. The van der Waals surface area contributed by atoms with E-state index in [4.69, 9.17) is 5.11 Å². The minimum Gasteiger partial charge on any atom is -0.392 e. The van der Waals surface area contributed by atoms with Gasteiger partial charge in [-0.15, -0.1) is 0 Å². The van der Waals surface area contributed by atoms with Crippen molar-refractivity contribution in [1.82, 2.24) is 4.72 Å². The maximum atomic E-state index is 12.4. The van der Waals surface area contributed by atoms with Crippen LogP contribution in [0, 0.1) is 16.7 Å². The van der Waals surface area contributed by atoms with Crippen molar-refractivity contribution in [3.05, 3.63) is 28.2 Å². The third kappa shape index (κ3) is 2.91. The monoisotopic (exact) mass is 375 g/mol. The van der Waals surface area contributed by atoms with Crippen molar-refractivity contribution in [2.24, 2.45) is 16.7 Å². The molecule has 0 saturated heterocycles. The predicted molar refractivity (Wildman–Crippen MR) is 86.3 cm³/mol. The smallest absolute Gasteiger partial charge is 0.241 e. The molecule has 1 saturated carbocycles. The molecule has 0 radical (unpaired) electrons. The summed E-state index contributed by atoms with van der Waals surface area (Å²) in [6.07, 6.45) is 0. The molecule has 2 N–H and O–H groups in total. The number of aliphatic hydroxyl groups excluding tert-OH is 1. The Morgan fingerprint density at radius 3 is 2.24 bits per heavy atom. The van der Waals surface area contributed by atoms with Crippen molar-refractivity contribution in [3.63, 3.8) is 0 Å². The number of rotatable bonds is 5. The molecule has 0 aliphatic heterocycles. The van der Waals surface area contributed by atoms with Crippen LogP contribution in [0.15, 0.2) is 27.6 Å². The Balaban J connectivity index is 2.14. The van der Waals surface area contributed by atoms with Crippen LogP contribution in [0.3, 0.4) is 0 Å². The van der Waals surface area contributed by atoms with Crippen LogP contribution in [0.5, 0.6) is 0 Å². The molecule has 0 unspecified atom stereocenters. The van der Waals surface area contributed by atoms with Crippen molar-refractivity contribution >= 4 is 26.0 Å². The van der Waals surface area contributed by atoms with Gasteiger partial charge in [0, 0.05) is 11.0 Å². The van der Waals surface area contributed by atoms with E-state index < -0.39 is 10.0 Å².